The summed E-state index contributed by atoms with van der Waals surface area (Å²) in [5, 5.41) is 13.5. The van der Waals surface area contributed by atoms with Crippen LogP contribution in [0.3, 0.4) is 0 Å². The summed E-state index contributed by atoms with van der Waals surface area (Å²) in [6.07, 6.45) is 0.634. The average molecular weight is 517 g/mol. The summed E-state index contributed by atoms with van der Waals surface area (Å²) < 4.78 is 42.4. The number of amides is 1. The lowest BCUT2D eigenvalue weighted by atomic mass is 9.90. The molecule has 2 atom stereocenters. The Balaban J connectivity index is 1.47. The summed E-state index contributed by atoms with van der Waals surface area (Å²) in [5.74, 6) is -0.0635. The number of hydrogen-bond donors (Lipinski definition) is 4. The smallest absolute Gasteiger partial charge is 0.382 e. The monoisotopic (exact) mass is 516 g/mol. The Morgan fingerprint density at radius 2 is 1.89 bits per heavy atom. The van der Waals surface area contributed by atoms with Gasteiger partial charge >= 0.3 is 6.18 Å². The third-order valence-corrected chi connectivity index (χ3v) is 7.40. The topological polar surface area (TPSA) is 125 Å². The van der Waals surface area contributed by atoms with Crippen LogP contribution < -0.4 is 21.3 Å². The number of aromatic nitrogens is 4. The number of nitrogens with two attached hydrogens (primary N) is 1. The number of benzene rings is 1. The lowest BCUT2D eigenvalue weighted by Crippen LogP contribution is -2.55. The minimum Gasteiger partial charge on any atom is -0.382 e. The molecular formula is C25H31F3N8O. The van der Waals surface area contributed by atoms with Gasteiger partial charge in [-0.1, -0.05) is 25.3 Å². The zero-order chi connectivity index (χ0) is 26.2. The van der Waals surface area contributed by atoms with Crippen LogP contribution in [0.5, 0.6) is 0 Å². The Morgan fingerprint density at radius 1 is 1.11 bits per heavy atom. The van der Waals surface area contributed by atoms with Crippen LogP contribution in [0.15, 0.2) is 24.3 Å². The molecule has 1 aromatic carbocycles. The molecule has 2 fully saturated rings. The number of nitrogens with zero attached hydrogens (tertiary/aromatic N) is 4. The molecule has 1 aliphatic heterocycles. The van der Waals surface area contributed by atoms with Gasteiger partial charge in [-0.05, 0) is 37.8 Å². The third-order valence-electron chi connectivity index (χ3n) is 7.40. The number of carbonyl (C=O) groups excluding carboxylic acids is 1. The number of halogens is 3. The van der Waals surface area contributed by atoms with Crippen LogP contribution in [-0.4, -0.2) is 57.9 Å². The number of aromatic amines is 1. The third kappa shape index (κ3) is 5.28. The van der Waals surface area contributed by atoms with Gasteiger partial charge in [-0.15, -0.1) is 0 Å². The highest BCUT2D eigenvalue weighted by molar-refractivity contribution is 5.91. The molecule has 0 bridgehead atoms. The number of H-pyrrole nitrogens is 1. The van der Waals surface area contributed by atoms with Gasteiger partial charge in [0.2, 0.25) is 11.9 Å². The van der Waals surface area contributed by atoms with Crippen LogP contribution >= 0.6 is 0 Å². The summed E-state index contributed by atoms with van der Waals surface area (Å²) in [5.41, 5.74) is 7.66. The molecule has 5 N–H and O–H groups in total. The van der Waals surface area contributed by atoms with Gasteiger partial charge in [0.15, 0.2) is 5.82 Å². The maximum absolute atomic E-state index is 14.1. The second-order valence-corrected chi connectivity index (χ2v) is 9.88. The molecular weight excluding hydrogens is 485 g/mol. The van der Waals surface area contributed by atoms with Crippen molar-refractivity contribution in [1.82, 2.24) is 25.5 Å². The fourth-order valence-electron chi connectivity index (χ4n) is 5.39. The number of hydrogen-bond acceptors (Lipinski definition) is 7. The Bertz CT molecular complexity index is 1270. The van der Waals surface area contributed by atoms with E-state index in [2.05, 4.69) is 30.8 Å². The molecule has 2 aliphatic rings. The zero-order valence-corrected chi connectivity index (χ0v) is 20.6. The van der Waals surface area contributed by atoms with E-state index in [1.54, 1.807) is 31.3 Å². The summed E-state index contributed by atoms with van der Waals surface area (Å²) in [6, 6.07) is 5.27. The Hall–Kier alpha value is -3.57. The van der Waals surface area contributed by atoms with Gasteiger partial charge in [0.1, 0.15) is 11.9 Å². The normalized spacial score (nSPS) is 21.2. The second-order valence-electron chi connectivity index (χ2n) is 9.88. The molecule has 0 radical (unpaired) electrons. The van der Waals surface area contributed by atoms with E-state index in [9.17, 15) is 18.0 Å². The zero-order valence-electron chi connectivity index (χ0n) is 20.6. The number of anilines is 3. The number of rotatable bonds is 5. The van der Waals surface area contributed by atoms with E-state index in [1.807, 2.05) is 0 Å². The van der Waals surface area contributed by atoms with Crippen LogP contribution in [0.25, 0.3) is 22.2 Å². The highest BCUT2D eigenvalue weighted by atomic mass is 19.4. The van der Waals surface area contributed by atoms with E-state index >= 15 is 0 Å². The molecule has 198 valence electrons. The van der Waals surface area contributed by atoms with Gasteiger partial charge in [-0.2, -0.15) is 23.3 Å². The molecule has 1 amide bonds. The fraction of sp³-hybridized carbons (Fsp3) is 0.520. The molecule has 2 aromatic heterocycles. The van der Waals surface area contributed by atoms with Crippen molar-refractivity contribution >= 4 is 34.4 Å². The minimum atomic E-state index is -4.47. The number of nitrogens with one attached hydrogen (secondary N) is 3. The summed E-state index contributed by atoms with van der Waals surface area (Å²) in [7, 11) is 1.61. The highest BCUT2D eigenvalue weighted by Crippen LogP contribution is 2.38. The first-order valence-electron chi connectivity index (χ1n) is 12.7. The number of carbonyl (C=O) groups is 1. The standard InChI is InChI=1S/C25H31F3N8O/c1-30-24-32-18(14-7-9-17-19(11-14)34-35-22(17)29)12-21(33-24)36-13-15(8-10-20(36)25(26,27)28)23(37)31-16-5-3-2-4-6-16/h7,9,11-12,15-16,20H,2-6,8,10,13H2,1H3,(H,31,37)(H3,29,34,35)(H,30,32,33)/t15-,20-/m1/s1. The molecule has 9 nitrogen and oxygen atoms in total. The minimum absolute atomic E-state index is 0.0710. The second kappa shape index (κ2) is 10.1. The number of fused-ring (bicyclic) bond motifs is 1. The van der Waals surface area contributed by atoms with E-state index in [4.69, 9.17) is 5.73 Å². The van der Waals surface area contributed by atoms with Gasteiger partial charge in [-0.3, -0.25) is 9.89 Å². The molecule has 0 spiro atoms. The molecule has 1 saturated carbocycles. The van der Waals surface area contributed by atoms with Crippen LogP contribution in [0.2, 0.25) is 0 Å². The van der Waals surface area contributed by atoms with Gasteiger partial charge in [0.05, 0.1) is 17.1 Å². The highest BCUT2D eigenvalue weighted by Gasteiger charge is 2.48. The lowest BCUT2D eigenvalue weighted by molar-refractivity contribution is -0.156. The predicted molar refractivity (Wildman–Crippen MR) is 136 cm³/mol. The van der Waals surface area contributed by atoms with Crippen molar-refractivity contribution < 1.29 is 18.0 Å². The molecule has 1 saturated heterocycles. The number of alkyl halides is 3. The largest absolute Gasteiger partial charge is 0.408 e. The fourth-order valence-corrected chi connectivity index (χ4v) is 5.39. The molecule has 1 aliphatic carbocycles. The van der Waals surface area contributed by atoms with Gasteiger partial charge in [0, 0.05) is 36.7 Å². The number of piperidine rings is 1. The van der Waals surface area contributed by atoms with Gasteiger partial charge in [-0.25, -0.2) is 4.98 Å². The molecule has 3 aromatic rings. The Morgan fingerprint density at radius 3 is 2.62 bits per heavy atom. The molecule has 37 heavy (non-hydrogen) atoms. The van der Waals surface area contributed by atoms with Crippen molar-refractivity contribution in [2.45, 2.75) is 63.2 Å². The van der Waals surface area contributed by atoms with Crippen molar-refractivity contribution in [3.8, 4) is 11.3 Å². The first-order valence-corrected chi connectivity index (χ1v) is 12.7. The van der Waals surface area contributed by atoms with Crippen molar-refractivity contribution in [3.63, 3.8) is 0 Å². The maximum Gasteiger partial charge on any atom is 0.408 e. The molecule has 5 rings (SSSR count). The number of nitrogen functional groups attached to an aromatic ring is 1. The van der Waals surface area contributed by atoms with Crippen LogP contribution in [0.4, 0.5) is 30.8 Å². The molecule has 0 unspecified atom stereocenters. The van der Waals surface area contributed by atoms with E-state index in [0.717, 1.165) is 37.5 Å². The van der Waals surface area contributed by atoms with Gasteiger partial charge < -0.3 is 21.3 Å². The van der Waals surface area contributed by atoms with Crippen LogP contribution in [0, 0.1) is 5.92 Å². The quantitative estimate of drug-likeness (QED) is 0.400. The van der Waals surface area contributed by atoms with Crippen molar-refractivity contribution in [1.29, 1.82) is 0 Å². The van der Waals surface area contributed by atoms with E-state index in [0.29, 0.717) is 22.6 Å². The van der Waals surface area contributed by atoms with Crippen molar-refractivity contribution in [3.05, 3.63) is 24.3 Å². The molecule has 12 heteroatoms. The first kappa shape index (κ1) is 25.1. The lowest BCUT2D eigenvalue weighted by Gasteiger charge is -2.41. The Labute approximate surface area is 212 Å². The average Bonchev–Trinajstić information content (AvgIpc) is 3.28. The van der Waals surface area contributed by atoms with Crippen LogP contribution in [0.1, 0.15) is 44.9 Å². The first-order chi connectivity index (χ1) is 17.7. The summed E-state index contributed by atoms with van der Waals surface area (Å²) in [6.45, 7) is -0.0710. The van der Waals surface area contributed by atoms with E-state index in [-0.39, 0.29) is 43.1 Å². The van der Waals surface area contributed by atoms with E-state index in [1.165, 1.54) is 4.90 Å². The van der Waals surface area contributed by atoms with E-state index < -0.39 is 18.1 Å². The maximum atomic E-state index is 14.1. The predicted octanol–water partition coefficient (Wildman–Crippen LogP) is 4.24. The van der Waals surface area contributed by atoms with Crippen molar-refractivity contribution in [2.75, 3.05) is 29.5 Å². The Kier molecular flexibility index (Phi) is 6.82. The molecule has 3 heterocycles. The SMILES string of the molecule is CNc1nc(-c2ccc3c(N)n[nH]c3c2)cc(N2C[C@H](C(=O)NC3CCCCC3)CC[C@@H]2C(F)(F)F)n1. The van der Waals surface area contributed by atoms with Gasteiger partial charge in [0.25, 0.3) is 0 Å². The summed E-state index contributed by atoms with van der Waals surface area (Å²) >= 11 is 0. The summed E-state index contributed by atoms with van der Waals surface area (Å²) in [4.78, 5) is 23.1. The van der Waals surface area contributed by atoms with Crippen LogP contribution in [-0.2, 0) is 4.79 Å². The van der Waals surface area contributed by atoms with Crippen molar-refractivity contribution in [2.24, 2.45) is 5.92 Å².